The summed E-state index contributed by atoms with van der Waals surface area (Å²) in [5.41, 5.74) is 4.98. The molecule has 0 saturated carbocycles. The minimum absolute atomic E-state index is 0.151. The van der Waals surface area contributed by atoms with E-state index in [0.29, 0.717) is 0 Å². The molecule has 0 aliphatic carbocycles. The second kappa shape index (κ2) is 10.9. The van der Waals surface area contributed by atoms with Crippen LogP contribution in [0.5, 0.6) is 0 Å². The van der Waals surface area contributed by atoms with Crippen molar-refractivity contribution in [1.82, 2.24) is 13.7 Å². The number of imidazole rings is 2. The Kier molecular flexibility index (Phi) is 9.27. The van der Waals surface area contributed by atoms with Crippen LogP contribution in [-0.4, -0.2) is 28.1 Å². The van der Waals surface area contributed by atoms with Crippen molar-refractivity contribution in [3.8, 4) is 0 Å². The standard InChI is InChI=1S/C25H47N6O2PS/c1-15(2)28-20(11)21(12)29(16(3)4)24(28)26-34(19(9)10,35(32)33)27-25-30(17(5)6)22(13)23(14)31(25)18(7)8/h15-19H,1-14H3/p+1. The number of aromatic nitrogens is 4. The maximum Gasteiger partial charge on any atom is 0.399 e. The quantitative estimate of drug-likeness (QED) is 0.232. The van der Waals surface area contributed by atoms with Crippen molar-refractivity contribution >= 4 is 23.1 Å². The van der Waals surface area contributed by atoms with Gasteiger partial charge in [-0.05, 0) is 83.1 Å². The average molecular weight is 528 g/mol. The number of rotatable bonds is 8. The lowest BCUT2D eigenvalue weighted by Crippen LogP contribution is -2.38. The second-order valence-corrected chi connectivity index (χ2v) is 16.5. The van der Waals surface area contributed by atoms with Crippen molar-refractivity contribution in [2.75, 3.05) is 0 Å². The first-order chi connectivity index (χ1) is 16.0. The van der Waals surface area contributed by atoms with Crippen LogP contribution in [0.1, 0.15) is 116 Å². The smallest absolute Gasteiger partial charge is 0.312 e. The van der Waals surface area contributed by atoms with Gasteiger partial charge in [0.05, 0.1) is 12.1 Å². The Morgan fingerprint density at radius 2 is 1.20 bits per heavy atom. The lowest BCUT2D eigenvalue weighted by molar-refractivity contribution is -0.708. The van der Waals surface area contributed by atoms with Crippen LogP contribution >= 0.6 is 6.41 Å². The number of hydrogen-bond donors (Lipinski definition) is 1. The van der Waals surface area contributed by atoms with E-state index >= 15 is 0 Å². The van der Waals surface area contributed by atoms with Crippen molar-refractivity contribution in [3.05, 3.63) is 28.4 Å². The first kappa shape index (κ1) is 29.8. The molecule has 8 nitrogen and oxygen atoms in total. The molecule has 1 unspecified atom stereocenters. The molecular weight excluding hydrogens is 479 g/mol. The van der Waals surface area contributed by atoms with Gasteiger partial charge in [-0.25, -0.2) is 13.3 Å². The predicted octanol–water partition coefficient (Wildman–Crippen LogP) is 6.83. The summed E-state index contributed by atoms with van der Waals surface area (Å²) in [5, 5.41) is 0. The van der Waals surface area contributed by atoms with Crippen molar-refractivity contribution in [2.45, 2.75) is 127 Å². The van der Waals surface area contributed by atoms with Crippen LogP contribution in [0.2, 0.25) is 0 Å². The summed E-state index contributed by atoms with van der Waals surface area (Å²) in [4.78, 5) is 0. The Morgan fingerprint density at radius 1 is 0.771 bits per heavy atom. The molecule has 0 aliphatic heterocycles. The molecule has 0 fully saturated rings. The molecule has 0 amide bonds. The van der Waals surface area contributed by atoms with Crippen LogP contribution in [0.3, 0.4) is 0 Å². The van der Waals surface area contributed by atoms with Gasteiger partial charge in [0, 0.05) is 29.1 Å². The number of hydrogen-bond acceptors (Lipinski definition) is 2. The third-order valence-electron chi connectivity index (χ3n) is 6.79. The van der Waals surface area contributed by atoms with Gasteiger partial charge in [-0.3, -0.25) is 4.55 Å². The third kappa shape index (κ3) is 5.19. The SMILES string of the molecule is Cc1c(C)[n+](C(C)C)c(N=[P@](N=c2n(C(C)C)c(C)c(C)n2C(C)C)(C(C)C)S(=O)O)n1C(C)C. The van der Waals surface area contributed by atoms with Gasteiger partial charge >= 0.3 is 5.95 Å². The van der Waals surface area contributed by atoms with Gasteiger partial charge in [-0.1, -0.05) is 18.6 Å². The van der Waals surface area contributed by atoms with Gasteiger partial charge in [0.15, 0.2) is 0 Å². The van der Waals surface area contributed by atoms with E-state index in [4.69, 9.17) is 9.51 Å². The highest BCUT2D eigenvalue weighted by molar-refractivity contribution is 8.47. The van der Waals surface area contributed by atoms with Gasteiger partial charge in [0.1, 0.15) is 11.4 Å². The second-order valence-electron chi connectivity index (χ2n) is 10.9. The normalized spacial score (nSPS) is 15.1. The van der Waals surface area contributed by atoms with Gasteiger partial charge in [0.2, 0.25) is 16.3 Å². The molecule has 2 rings (SSSR count). The van der Waals surface area contributed by atoms with E-state index in [2.05, 4.69) is 101 Å². The maximum absolute atomic E-state index is 13.3. The minimum atomic E-state index is -3.17. The molecule has 0 aromatic carbocycles. The van der Waals surface area contributed by atoms with Crippen LogP contribution in [0.4, 0.5) is 5.95 Å². The fourth-order valence-electron chi connectivity index (χ4n) is 4.95. The van der Waals surface area contributed by atoms with Crippen LogP contribution in [0.15, 0.2) is 9.51 Å². The summed E-state index contributed by atoms with van der Waals surface area (Å²) in [6.07, 6.45) is -3.17. The molecule has 200 valence electrons. The summed E-state index contributed by atoms with van der Waals surface area (Å²) < 4.78 is 43.5. The Hall–Kier alpha value is -1.44. The van der Waals surface area contributed by atoms with E-state index in [0.717, 1.165) is 34.3 Å². The van der Waals surface area contributed by atoms with E-state index in [9.17, 15) is 8.76 Å². The Balaban J connectivity index is 3.26. The largest absolute Gasteiger partial charge is 0.399 e. The maximum atomic E-state index is 13.3. The summed E-state index contributed by atoms with van der Waals surface area (Å²) >= 11 is 0. The zero-order chi connectivity index (χ0) is 27.2. The number of nitrogens with zero attached hydrogens (tertiary/aromatic N) is 6. The Morgan fingerprint density at radius 3 is 1.51 bits per heavy atom. The van der Waals surface area contributed by atoms with Crippen molar-refractivity contribution in [2.24, 2.45) is 9.51 Å². The molecule has 0 saturated heterocycles. The summed E-state index contributed by atoms with van der Waals surface area (Å²) in [6, 6.07) is 0.605. The first-order valence-corrected chi connectivity index (χ1v) is 16.2. The molecule has 0 spiro atoms. The zero-order valence-electron chi connectivity index (χ0n) is 24.3. The van der Waals surface area contributed by atoms with E-state index < -0.39 is 17.1 Å². The minimum Gasteiger partial charge on any atom is -0.312 e. The molecular formula is C25H48N6O2PS+. The lowest BCUT2D eigenvalue weighted by Gasteiger charge is -2.19. The molecule has 2 heterocycles. The van der Waals surface area contributed by atoms with E-state index in [1.165, 1.54) is 0 Å². The molecule has 10 heteroatoms. The molecule has 2 aromatic rings. The van der Waals surface area contributed by atoms with Gasteiger partial charge in [-0.15, -0.1) is 0 Å². The molecule has 0 bridgehead atoms. The molecule has 2 atom stereocenters. The monoisotopic (exact) mass is 527 g/mol. The predicted molar refractivity (Wildman–Crippen MR) is 148 cm³/mol. The van der Waals surface area contributed by atoms with Crippen LogP contribution < -0.4 is 10.2 Å². The molecule has 0 radical (unpaired) electrons. The highest BCUT2D eigenvalue weighted by Crippen LogP contribution is 2.60. The summed E-state index contributed by atoms with van der Waals surface area (Å²) in [5.74, 6) is 0.727. The van der Waals surface area contributed by atoms with E-state index in [1.807, 2.05) is 13.8 Å². The van der Waals surface area contributed by atoms with Gasteiger partial charge in [0.25, 0.3) is 6.41 Å². The van der Waals surface area contributed by atoms with E-state index in [-0.39, 0.29) is 29.8 Å². The highest BCUT2D eigenvalue weighted by atomic mass is 32.8. The molecule has 2 aromatic heterocycles. The summed E-state index contributed by atoms with van der Waals surface area (Å²) in [7, 11) is -2.25. The lowest BCUT2D eigenvalue weighted by atomic mass is 10.3. The van der Waals surface area contributed by atoms with E-state index in [1.54, 1.807) is 0 Å². The fourth-order valence-corrected chi connectivity index (χ4v) is 8.80. The Bertz CT molecular complexity index is 1160. The van der Waals surface area contributed by atoms with Crippen LogP contribution in [0.25, 0.3) is 0 Å². The van der Waals surface area contributed by atoms with Crippen molar-refractivity contribution in [1.29, 1.82) is 0 Å². The van der Waals surface area contributed by atoms with Crippen molar-refractivity contribution in [3.63, 3.8) is 0 Å². The summed E-state index contributed by atoms with van der Waals surface area (Å²) in [6.45, 7) is 29.3. The van der Waals surface area contributed by atoms with Crippen molar-refractivity contribution < 1.29 is 13.3 Å². The first-order valence-electron chi connectivity index (χ1n) is 12.7. The average Bonchev–Trinajstić information content (AvgIpc) is 3.10. The van der Waals surface area contributed by atoms with Crippen LogP contribution in [-0.2, 0) is 10.7 Å². The fraction of sp³-hybridized carbons (Fsp3) is 0.760. The molecule has 35 heavy (non-hydrogen) atoms. The molecule has 0 aliphatic rings. The Labute approximate surface area is 214 Å². The highest BCUT2D eigenvalue weighted by Gasteiger charge is 2.40. The topological polar surface area (TPSA) is 80.7 Å². The molecule has 1 N–H and O–H groups in total. The third-order valence-corrected chi connectivity index (χ3v) is 12.7. The van der Waals surface area contributed by atoms with Gasteiger partial charge in [-0.2, -0.15) is 4.76 Å². The zero-order valence-corrected chi connectivity index (χ0v) is 26.0. The van der Waals surface area contributed by atoms with Gasteiger partial charge < -0.3 is 9.13 Å². The van der Waals surface area contributed by atoms with Crippen LogP contribution in [0, 0.1) is 27.7 Å².